The lowest BCUT2D eigenvalue weighted by Crippen LogP contribution is -2.54. The molecule has 106 valence electrons. The number of rotatable bonds is 7. The summed E-state index contributed by atoms with van der Waals surface area (Å²) in [6.07, 6.45) is 0. The van der Waals surface area contributed by atoms with E-state index in [9.17, 15) is 4.79 Å². The molecule has 0 aliphatic carbocycles. The highest BCUT2D eigenvalue weighted by atomic mass is 16.5. The van der Waals surface area contributed by atoms with Gasteiger partial charge in [-0.1, -0.05) is 44.2 Å². The van der Waals surface area contributed by atoms with E-state index in [4.69, 9.17) is 9.47 Å². The Labute approximate surface area is 115 Å². The Kier molecular flexibility index (Phi) is 5.99. The molecule has 0 radical (unpaired) electrons. The highest BCUT2D eigenvalue weighted by Gasteiger charge is 2.43. The monoisotopic (exact) mass is 265 g/mol. The van der Waals surface area contributed by atoms with Crippen molar-refractivity contribution >= 4 is 5.97 Å². The van der Waals surface area contributed by atoms with Gasteiger partial charge in [-0.3, -0.25) is 5.32 Å². The normalized spacial score (nSPS) is 14.2. The minimum Gasteiger partial charge on any atom is -0.467 e. The molecular weight excluding hydrogens is 242 g/mol. The highest BCUT2D eigenvalue weighted by Crippen LogP contribution is 2.31. The van der Waals surface area contributed by atoms with Crippen LogP contribution >= 0.6 is 0 Å². The van der Waals surface area contributed by atoms with Gasteiger partial charge in [-0.25, -0.2) is 4.79 Å². The van der Waals surface area contributed by atoms with Gasteiger partial charge in [0.1, 0.15) is 5.54 Å². The maximum atomic E-state index is 12.3. The Morgan fingerprint density at radius 2 is 1.89 bits per heavy atom. The molecular formula is C15H23NO3. The number of hydrogen-bond acceptors (Lipinski definition) is 4. The Bertz CT molecular complexity index is 392. The molecule has 0 aliphatic heterocycles. The van der Waals surface area contributed by atoms with Crippen LogP contribution in [-0.2, 0) is 19.8 Å². The third-order valence-electron chi connectivity index (χ3n) is 3.31. The van der Waals surface area contributed by atoms with Gasteiger partial charge in [-0.2, -0.15) is 0 Å². The van der Waals surface area contributed by atoms with E-state index in [-0.39, 0.29) is 11.9 Å². The first kappa shape index (κ1) is 15.7. The molecule has 0 heterocycles. The second-order valence-corrected chi connectivity index (χ2v) is 4.74. The van der Waals surface area contributed by atoms with Crippen LogP contribution in [0.5, 0.6) is 0 Å². The van der Waals surface area contributed by atoms with E-state index in [1.165, 1.54) is 7.11 Å². The summed E-state index contributed by atoms with van der Waals surface area (Å²) < 4.78 is 10.1. The van der Waals surface area contributed by atoms with Crippen molar-refractivity contribution in [1.29, 1.82) is 0 Å². The quantitative estimate of drug-likeness (QED) is 0.604. The van der Waals surface area contributed by atoms with Crippen molar-refractivity contribution in [3.63, 3.8) is 0 Å². The van der Waals surface area contributed by atoms with Crippen LogP contribution in [0.4, 0.5) is 0 Å². The maximum Gasteiger partial charge on any atom is 0.330 e. The number of methoxy groups -OCH3 is 2. The summed E-state index contributed by atoms with van der Waals surface area (Å²) in [5.74, 6) is -0.219. The molecule has 0 spiro atoms. The Hall–Kier alpha value is -1.39. The number of carbonyl (C=O) groups is 1. The third-order valence-corrected chi connectivity index (χ3v) is 3.31. The van der Waals surface area contributed by atoms with Crippen LogP contribution in [0.15, 0.2) is 30.3 Å². The summed E-state index contributed by atoms with van der Waals surface area (Å²) in [5.41, 5.74) is 0.0714. The minimum absolute atomic E-state index is 0.0548. The lowest BCUT2D eigenvalue weighted by Gasteiger charge is -2.36. The zero-order valence-corrected chi connectivity index (χ0v) is 12.1. The van der Waals surface area contributed by atoms with Crippen molar-refractivity contribution in [3.05, 3.63) is 35.9 Å². The fourth-order valence-corrected chi connectivity index (χ4v) is 2.28. The largest absolute Gasteiger partial charge is 0.467 e. The molecule has 1 aromatic carbocycles. The standard InChI is InChI=1S/C15H23NO3/c1-12(2)15(14(17)19-4,16-10-11-18-3)13-8-6-5-7-9-13/h5-9,12,16H,10-11H2,1-4H3. The first-order valence-corrected chi connectivity index (χ1v) is 6.47. The van der Waals surface area contributed by atoms with Crippen LogP contribution in [-0.4, -0.2) is 33.3 Å². The highest BCUT2D eigenvalue weighted by molar-refractivity contribution is 5.83. The van der Waals surface area contributed by atoms with E-state index in [1.807, 2.05) is 44.2 Å². The summed E-state index contributed by atoms with van der Waals surface area (Å²) >= 11 is 0. The Balaban J connectivity index is 3.16. The molecule has 19 heavy (non-hydrogen) atoms. The van der Waals surface area contributed by atoms with Gasteiger partial charge in [0.2, 0.25) is 0 Å². The van der Waals surface area contributed by atoms with Crippen molar-refractivity contribution < 1.29 is 14.3 Å². The van der Waals surface area contributed by atoms with Crippen molar-refractivity contribution in [2.45, 2.75) is 19.4 Å². The number of ether oxygens (including phenoxy) is 2. The lowest BCUT2D eigenvalue weighted by atomic mass is 9.79. The molecule has 0 aromatic heterocycles. The zero-order valence-electron chi connectivity index (χ0n) is 12.1. The smallest absolute Gasteiger partial charge is 0.330 e. The maximum absolute atomic E-state index is 12.3. The molecule has 4 nitrogen and oxygen atoms in total. The van der Waals surface area contributed by atoms with Crippen molar-refractivity contribution in [1.82, 2.24) is 5.32 Å². The summed E-state index contributed by atoms with van der Waals surface area (Å²) in [4.78, 5) is 12.3. The van der Waals surface area contributed by atoms with E-state index >= 15 is 0 Å². The molecule has 0 saturated carbocycles. The van der Waals surface area contributed by atoms with Crippen molar-refractivity contribution in [2.24, 2.45) is 5.92 Å². The van der Waals surface area contributed by atoms with Gasteiger partial charge < -0.3 is 9.47 Å². The van der Waals surface area contributed by atoms with Gasteiger partial charge in [-0.05, 0) is 11.5 Å². The molecule has 1 unspecified atom stereocenters. The first-order valence-electron chi connectivity index (χ1n) is 6.47. The van der Waals surface area contributed by atoms with Gasteiger partial charge in [-0.15, -0.1) is 0 Å². The predicted octanol–water partition coefficient (Wildman–Crippen LogP) is 1.95. The van der Waals surface area contributed by atoms with Gasteiger partial charge in [0.25, 0.3) is 0 Å². The van der Waals surface area contributed by atoms with Gasteiger partial charge >= 0.3 is 5.97 Å². The second-order valence-electron chi connectivity index (χ2n) is 4.74. The molecule has 1 rings (SSSR count). The average Bonchev–Trinajstić information content (AvgIpc) is 2.43. The molecule has 4 heteroatoms. The van der Waals surface area contributed by atoms with Gasteiger partial charge in [0, 0.05) is 13.7 Å². The molecule has 0 fully saturated rings. The molecule has 1 N–H and O–H groups in total. The summed E-state index contributed by atoms with van der Waals surface area (Å²) in [7, 11) is 3.06. The summed E-state index contributed by atoms with van der Waals surface area (Å²) in [6.45, 7) is 5.13. The second kappa shape index (κ2) is 7.26. The fourth-order valence-electron chi connectivity index (χ4n) is 2.28. The van der Waals surface area contributed by atoms with Crippen LogP contribution in [0.3, 0.4) is 0 Å². The van der Waals surface area contributed by atoms with Gasteiger partial charge in [0.05, 0.1) is 13.7 Å². The molecule has 0 aliphatic rings. The number of nitrogens with one attached hydrogen (secondary N) is 1. The number of carbonyl (C=O) groups excluding carboxylic acids is 1. The Morgan fingerprint density at radius 3 is 2.37 bits per heavy atom. The van der Waals surface area contributed by atoms with E-state index in [0.29, 0.717) is 13.2 Å². The van der Waals surface area contributed by atoms with Crippen LogP contribution in [0.2, 0.25) is 0 Å². The molecule has 0 saturated heterocycles. The molecule has 0 bridgehead atoms. The first-order chi connectivity index (χ1) is 9.09. The number of esters is 1. The summed E-state index contributed by atoms with van der Waals surface area (Å²) in [6, 6.07) is 9.66. The van der Waals surface area contributed by atoms with Crippen LogP contribution in [0.25, 0.3) is 0 Å². The fraction of sp³-hybridized carbons (Fsp3) is 0.533. The number of benzene rings is 1. The lowest BCUT2D eigenvalue weighted by molar-refractivity contribution is -0.151. The van der Waals surface area contributed by atoms with Crippen LogP contribution < -0.4 is 5.32 Å². The summed E-state index contributed by atoms with van der Waals surface area (Å²) in [5, 5.41) is 3.30. The Morgan fingerprint density at radius 1 is 1.26 bits per heavy atom. The van der Waals surface area contributed by atoms with Crippen molar-refractivity contribution in [3.8, 4) is 0 Å². The van der Waals surface area contributed by atoms with E-state index in [1.54, 1.807) is 7.11 Å². The third kappa shape index (κ3) is 3.33. The van der Waals surface area contributed by atoms with Gasteiger partial charge in [0.15, 0.2) is 0 Å². The van der Waals surface area contributed by atoms with Crippen molar-refractivity contribution in [2.75, 3.05) is 27.4 Å². The van der Waals surface area contributed by atoms with E-state index in [0.717, 1.165) is 5.56 Å². The SMILES string of the molecule is COCCNC(C(=O)OC)(c1ccccc1)C(C)C. The topological polar surface area (TPSA) is 47.6 Å². The minimum atomic E-state index is -0.839. The molecule has 1 atom stereocenters. The van der Waals surface area contributed by atoms with Crippen LogP contribution in [0.1, 0.15) is 19.4 Å². The predicted molar refractivity (Wildman–Crippen MR) is 74.9 cm³/mol. The number of hydrogen-bond donors (Lipinski definition) is 1. The molecule has 1 aromatic rings. The molecule has 0 amide bonds. The van der Waals surface area contributed by atoms with E-state index in [2.05, 4.69) is 5.32 Å². The average molecular weight is 265 g/mol. The van der Waals surface area contributed by atoms with E-state index < -0.39 is 5.54 Å². The zero-order chi connectivity index (χ0) is 14.3. The van der Waals surface area contributed by atoms with Crippen LogP contribution in [0, 0.1) is 5.92 Å².